The van der Waals surface area contributed by atoms with Gasteiger partial charge >= 0.3 is 0 Å². The number of unbranched alkanes of at least 4 members (excludes halogenated alkanes) is 1. The molecule has 0 bridgehead atoms. The maximum atomic E-state index is 12.1. The van der Waals surface area contributed by atoms with Gasteiger partial charge < -0.3 is 19.5 Å². The maximum Gasteiger partial charge on any atom is 0.251 e. The van der Waals surface area contributed by atoms with E-state index in [1.54, 1.807) is 12.1 Å². The van der Waals surface area contributed by atoms with Crippen molar-refractivity contribution in [3.63, 3.8) is 0 Å². The smallest absolute Gasteiger partial charge is 0.251 e. The highest BCUT2D eigenvalue weighted by Crippen LogP contribution is 2.38. The van der Waals surface area contributed by atoms with Crippen molar-refractivity contribution >= 4 is 17.5 Å². The molecule has 0 aromatic heterocycles. The molecule has 0 aliphatic carbocycles. The summed E-state index contributed by atoms with van der Waals surface area (Å²) in [5, 5.41) is 3.24. The van der Waals surface area contributed by atoms with Gasteiger partial charge in [-0.1, -0.05) is 24.9 Å². The molecule has 1 heterocycles. The minimum Gasteiger partial charge on any atom is -0.486 e. The van der Waals surface area contributed by atoms with Crippen LogP contribution in [0.4, 0.5) is 0 Å². The van der Waals surface area contributed by atoms with Gasteiger partial charge in [0, 0.05) is 25.3 Å². The molecule has 22 heavy (non-hydrogen) atoms. The third-order valence-electron chi connectivity index (χ3n) is 3.25. The van der Waals surface area contributed by atoms with Gasteiger partial charge in [-0.2, -0.15) is 0 Å². The lowest BCUT2D eigenvalue weighted by molar-refractivity contribution is 0.0939. The molecule has 0 saturated heterocycles. The van der Waals surface area contributed by atoms with Crippen LogP contribution in [0.3, 0.4) is 0 Å². The average Bonchev–Trinajstić information content (AvgIpc) is 2.54. The van der Waals surface area contributed by atoms with Crippen LogP contribution in [-0.4, -0.2) is 38.9 Å². The summed E-state index contributed by atoms with van der Waals surface area (Å²) in [7, 11) is 0. The van der Waals surface area contributed by atoms with E-state index in [0.29, 0.717) is 48.5 Å². The molecular weight excluding hydrogens is 306 g/mol. The van der Waals surface area contributed by atoms with E-state index >= 15 is 0 Å². The second-order valence-electron chi connectivity index (χ2n) is 5.06. The Bertz CT molecular complexity index is 507. The summed E-state index contributed by atoms with van der Waals surface area (Å²) < 4.78 is 16.3. The second kappa shape index (κ2) is 8.86. The third kappa shape index (κ3) is 4.78. The molecule has 1 N–H and O–H groups in total. The van der Waals surface area contributed by atoms with Crippen molar-refractivity contribution in [2.24, 2.45) is 0 Å². The lowest BCUT2D eigenvalue weighted by atomic mass is 10.1. The first-order valence-corrected chi connectivity index (χ1v) is 8.05. The van der Waals surface area contributed by atoms with Crippen LogP contribution in [0.2, 0.25) is 5.02 Å². The average molecular weight is 328 g/mol. The van der Waals surface area contributed by atoms with Gasteiger partial charge in [0.2, 0.25) is 0 Å². The molecular formula is C16H22ClNO4. The number of hydrogen-bond donors (Lipinski definition) is 1. The summed E-state index contributed by atoms with van der Waals surface area (Å²) in [6, 6.07) is 3.26. The van der Waals surface area contributed by atoms with Gasteiger partial charge in [-0.3, -0.25) is 4.79 Å². The van der Waals surface area contributed by atoms with E-state index < -0.39 is 0 Å². The van der Waals surface area contributed by atoms with Crippen LogP contribution in [0.1, 0.15) is 36.5 Å². The summed E-state index contributed by atoms with van der Waals surface area (Å²) in [5.74, 6) is 0.855. The van der Waals surface area contributed by atoms with E-state index in [1.807, 2.05) is 0 Å². The molecule has 1 aromatic rings. The highest BCUT2D eigenvalue weighted by Gasteiger charge is 2.19. The van der Waals surface area contributed by atoms with Crippen molar-refractivity contribution in [3.8, 4) is 11.5 Å². The predicted molar refractivity (Wildman–Crippen MR) is 85.1 cm³/mol. The van der Waals surface area contributed by atoms with E-state index in [4.69, 9.17) is 25.8 Å². The first kappa shape index (κ1) is 16.9. The second-order valence-corrected chi connectivity index (χ2v) is 5.46. The zero-order chi connectivity index (χ0) is 15.8. The van der Waals surface area contributed by atoms with Crippen molar-refractivity contribution in [3.05, 3.63) is 22.7 Å². The molecule has 0 atom stereocenters. The normalized spacial score (nSPS) is 13.0. The molecule has 2 rings (SSSR count). The standard InChI is InChI=1S/C16H22ClNO4/c1-2-3-6-20-7-4-5-18-16(19)12-10-13(17)15-14(11-12)21-8-9-22-15/h10-11H,2-9H2,1H3,(H,18,19). The van der Waals surface area contributed by atoms with Gasteiger partial charge in [0.1, 0.15) is 13.2 Å². The molecule has 1 aromatic carbocycles. The Hall–Kier alpha value is -1.46. The van der Waals surface area contributed by atoms with Gasteiger partial charge in [0.05, 0.1) is 5.02 Å². The highest BCUT2D eigenvalue weighted by atomic mass is 35.5. The Morgan fingerprint density at radius 1 is 1.27 bits per heavy atom. The predicted octanol–water partition coefficient (Wildman–Crippen LogP) is 3.05. The van der Waals surface area contributed by atoms with Crippen LogP contribution in [0.5, 0.6) is 11.5 Å². The largest absolute Gasteiger partial charge is 0.486 e. The number of rotatable bonds is 8. The molecule has 0 spiro atoms. The van der Waals surface area contributed by atoms with Gasteiger partial charge in [0.15, 0.2) is 11.5 Å². The van der Waals surface area contributed by atoms with Crippen LogP contribution in [0.15, 0.2) is 12.1 Å². The maximum absolute atomic E-state index is 12.1. The quantitative estimate of drug-likeness (QED) is 0.746. The number of carbonyl (C=O) groups excluding carboxylic acids is 1. The number of hydrogen-bond acceptors (Lipinski definition) is 4. The number of fused-ring (bicyclic) bond motifs is 1. The molecule has 1 aliphatic heterocycles. The summed E-state index contributed by atoms with van der Waals surface area (Å²) in [4.78, 5) is 12.1. The van der Waals surface area contributed by atoms with E-state index in [1.165, 1.54) is 0 Å². The zero-order valence-corrected chi connectivity index (χ0v) is 13.6. The Morgan fingerprint density at radius 2 is 2.05 bits per heavy atom. The molecule has 1 aliphatic rings. The lowest BCUT2D eigenvalue weighted by Gasteiger charge is -2.20. The van der Waals surface area contributed by atoms with Crippen LogP contribution in [-0.2, 0) is 4.74 Å². The van der Waals surface area contributed by atoms with Crippen molar-refractivity contribution < 1.29 is 19.0 Å². The minimum atomic E-state index is -0.174. The van der Waals surface area contributed by atoms with E-state index in [0.717, 1.165) is 25.9 Å². The topological polar surface area (TPSA) is 56.8 Å². The summed E-state index contributed by atoms with van der Waals surface area (Å²) >= 11 is 6.12. The van der Waals surface area contributed by atoms with Gasteiger partial charge in [-0.25, -0.2) is 0 Å². The summed E-state index contributed by atoms with van der Waals surface area (Å²) in [5.41, 5.74) is 0.473. The molecule has 5 nitrogen and oxygen atoms in total. The fourth-order valence-electron chi connectivity index (χ4n) is 2.07. The van der Waals surface area contributed by atoms with E-state index in [2.05, 4.69) is 12.2 Å². The molecule has 1 amide bonds. The van der Waals surface area contributed by atoms with Gasteiger partial charge in [-0.05, 0) is 25.0 Å². The molecule has 0 fully saturated rings. The van der Waals surface area contributed by atoms with Crippen molar-refractivity contribution in [2.75, 3.05) is 33.0 Å². The first-order chi connectivity index (χ1) is 10.7. The Balaban J connectivity index is 1.79. The zero-order valence-electron chi connectivity index (χ0n) is 12.8. The minimum absolute atomic E-state index is 0.174. The number of carbonyl (C=O) groups is 1. The first-order valence-electron chi connectivity index (χ1n) is 7.67. The molecule has 122 valence electrons. The fourth-order valence-corrected chi connectivity index (χ4v) is 2.33. The summed E-state index contributed by atoms with van der Waals surface area (Å²) in [6.45, 7) is 5.06. The molecule has 0 unspecified atom stereocenters. The molecule has 6 heteroatoms. The number of ether oxygens (including phenoxy) is 3. The number of amides is 1. The number of benzene rings is 1. The van der Waals surface area contributed by atoms with E-state index in [-0.39, 0.29) is 5.91 Å². The Morgan fingerprint density at radius 3 is 2.86 bits per heavy atom. The van der Waals surface area contributed by atoms with Crippen LogP contribution >= 0.6 is 11.6 Å². The van der Waals surface area contributed by atoms with Crippen LogP contribution in [0.25, 0.3) is 0 Å². The molecule has 0 radical (unpaired) electrons. The van der Waals surface area contributed by atoms with Gasteiger partial charge in [-0.15, -0.1) is 0 Å². The van der Waals surface area contributed by atoms with Crippen LogP contribution in [0, 0.1) is 0 Å². The Labute approximate surface area is 135 Å². The van der Waals surface area contributed by atoms with Gasteiger partial charge in [0.25, 0.3) is 5.91 Å². The highest BCUT2D eigenvalue weighted by molar-refractivity contribution is 6.32. The van der Waals surface area contributed by atoms with E-state index in [9.17, 15) is 4.79 Å². The fraction of sp³-hybridized carbons (Fsp3) is 0.562. The molecule has 0 saturated carbocycles. The van der Waals surface area contributed by atoms with Crippen molar-refractivity contribution in [1.82, 2.24) is 5.32 Å². The lowest BCUT2D eigenvalue weighted by Crippen LogP contribution is -2.26. The van der Waals surface area contributed by atoms with Crippen LogP contribution < -0.4 is 14.8 Å². The number of nitrogens with one attached hydrogen (secondary N) is 1. The SMILES string of the molecule is CCCCOCCCNC(=O)c1cc(Cl)c2c(c1)OCCO2. The van der Waals surface area contributed by atoms with Crippen molar-refractivity contribution in [2.45, 2.75) is 26.2 Å². The number of halogens is 1. The Kier molecular flexibility index (Phi) is 6.80. The summed E-state index contributed by atoms with van der Waals surface area (Å²) in [6.07, 6.45) is 2.98. The van der Waals surface area contributed by atoms with Crippen molar-refractivity contribution in [1.29, 1.82) is 0 Å². The third-order valence-corrected chi connectivity index (χ3v) is 3.53. The monoisotopic (exact) mass is 327 g/mol.